The van der Waals surface area contributed by atoms with Gasteiger partial charge in [0.2, 0.25) is 0 Å². The molecule has 0 atom stereocenters. The molecule has 0 bridgehead atoms. The number of hydrogen-bond donors (Lipinski definition) is 0. The Hall–Kier alpha value is -3.04. The minimum Gasteiger partial charge on any atom is -0.344 e. The summed E-state index contributed by atoms with van der Waals surface area (Å²) < 4.78 is 6.21. The molecule has 0 aliphatic heterocycles. The minimum atomic E-state index is 1.28. The molecule has 0 unspecified atom stereocenters. The molecule has 0 spiro atoms. The number of para-hydroxylation sites is 1. The van der Waals surface area contributed by atoms with Gasteiger partial charge >= 0.3 is 0 Å². The third-order valence-corrected chi connectivity index (χ3v) is 6.90. The number of fused-ring (bicyclic) bond motifs is 6. The van der Waals surface area contributed by atoms with Gasteiger partial charge in [0.05, 0.1) is 26.8 Å². The lowest BCUT2D eigenvalue weighted by Crippen LogP contribution is -1.88. The van der Waals surface area contributed by atoms with Crippen molar-refractivity contribution in [1.82, 2.24) is 8.97 Å². The predicted molar refractivity (Wildman–Crippen MR) is 113 cm³/mol. The molecule has 0 fully saturated rings. The fourth-order valence-electron chi connectivity index (χ4n) is 4.91. The van der Waals surface area contributed by atoms with E-state index >= 15 is 0 Å². The standard InChI is InChI=1S/C23H14N2S/c1-24-17-8-4-6-14-13-5-2-3-7-16(13)25-19-11-12-26-23(19)15-9-10-18(24)21(20(14)17)22(15)25/h2-12H,1H3. The molecular weight excluding hydrogens is 336 g/mol. The number of aromatic nitrogens is 2. The summed E-state index contributed by atoms with van der Waals surface area (Å²) >= 11 is 1.84. The van der Waals surface area contributed by atoms with Crippen LogP contribution in [0.3, 0.4) is 0 Å². The van der Waals surface area contributed by atoms with E-state index in [9.17, 15) is 0 Å². The Bertz CT molecular complexity index is 1640. The van der Waals surface area contributed by atoms with E-state index in [-0.39, 0.29) is 0 Å². The van der Waals surface area contributed by atoms with Gasteiger partial charge in [0.1, 0.15) is 0 Å². The van der Waals surface area contributed by atoms with Crippen molar-refractivity contribution in [3.63, 3.8) is 0 Å². The summed E-state index contributed by atoms with van der Waals surface area (Å²) in [6, 6.07) is 22.4. The Labute approximate surface area is 152 Å². The molecule has 7 aromatic rings. The average Bonchev–Trinajstić information content (AvgIpc) is 3.31. The van der Waals surface area contributed by atoms with Crippen molar-refractivity contribution in [1.29, 1.82) is 0 Å². The van der Waals surface area contributed by atoms with Crippen LogP contribution in [0.5, 0.6) is 0 Å². The van der Waals surface area contributed by atoms with Gasteiger partial charge < -0.3 is 8.97 Å². The summed E-state index contributed by atoms with van der Waals surface area (Å²) in [5, 5.41) is 8.98. The Morgan fingerprint density at radius 3 is 2.42 bits per heavy atom. The molecular formula is C23H14N2S. The number of aryl methyl sites for hydroxylation is 1. The fraction of sp³-hybridized carbons (Fsp3) is 0.0435. The van der Waals surface area contributed by atoms with Crippen LogP contribution in [0.2, 0.25) is 0 Å². The van der Waals surface area contributed by atoms with Gasteiger partial charge in [0.15, 0.2) is 0 Å². The van der Waals surface area contributed by atoms with Gasteiger partial charge in [-0.15, -0.1) is 11.3 Å². The summed E-state index contributed by atoms with van der Waals surface area (Å²) in [5.41, 5.74) is 6.56. The first kappa shape index (κ1) is 13.2. The number of rotatable bonds is 0. The predicted octanol–water partition coefficient (Wildman–Crippen LogP) is 6.54. The maximum Gasteiger partial charge on any atom is 0.0650 e. The van der Waals surface area contributed by atoms with Crippen LogP contribution in [0.4, 0.5) is 0 Å². The highest BCUT2D eigenvalue weighted by Crippen LogP contribution is 2.44. The third kappa shape index (κ3) is 1.27. The normalized spacial score (nSPS) is 12.8. The van der Waals surface area contributed by atoms with Gasteiger partial charge in [-0.05, 0) is 41.1 Å². The maximum absolute atomic E-state index is 2.48. The number of benzene rings is 3. The van der Waals surface area contributed by atoms with E-state index < -0.39 is 0 Å². The molecule has 4 aromatic heterocycles. The van der Waals surface area contributed by atoms with Gasteiger partial charge in [0.25, 0.3) is 0 Å². The number of nitrogens with zero attached hydrogens (tertiary/aromatic N) is 2. The third-order valence-electron chi connectivity index (χ3n) is 5.96. The smallest absolute Gasteiger partial charge is 0.0650 e. The fourth-order valence-corrected chi connectivity index (χ4v) is 5.81. The quantitative estimate of drug-likeness (QED) is 0.294. The van der Waals surface area contributed by atoms with Crippen molar-refractivity contribution >= 4 is 70.6 Å². The van der Waals surface area contributed by atoms with Crippen molar-refractivity contribution in [3.05, 3.63) is 66.0 Å². The molecule has 7 rings (SSSR count). The lowest BCUT2D eigenvalue weighted by atomic mass is 10.0. The lowest BCUT2D eigenvalue weighted by molar-refractivity contribution is 1.01. The second-order valence-corrected chi connectivity index (χ2v) is 8.02. The summed E-state index contributed by atoms with van der Waals surface area (Å²) in [6.45, 7) is 0. The second kappa shape index (κ2) is 4.19. The van der Waals surface area contributed by atoms with E-state index in [0.717, 1.165) is 0 Å². The van der Waals surface area contributed by atoms with Crippen molar-refractivity contribution in [3.8, 4) is 0 Å². The van der Waals surface area contributed by atoms with E-state index in [0.29, 0.717) is 0 Å². The minimum absolute atomic E-state index is 1.28. The van der Waals surface area contributed by atoms with Crippen molar-refractivity contribution in [2.45, 2.75) is 0 Å². The molecule has 122 valence electrons. The molecule has 2 nitrogen and oxygen atoms in total. The SMILES string of the molecule is Cn1c2cccc3c4ccccc4n4c5ccsc5c5ccc1c(c32)c54. The lowest BCUT2D eigenvalue weighted by Gasteiger charge is -2.03. The van der Waals surface area contributed by atoms with Gasteiger partial charge in [-0.3, -0.25) is 0 Å². The van der Waals surface area contributed by atoms with Crippen LogP contribution in [0, 0.1) is 0 Å². The average molecular weight is 350 g/mol. The highest BCUT2D eigenvalue weighted by molar-refractivity contribution is 7.18. The van der Waals surface area contributed by atoms with E-state index in [2.05, 4.69) is 82.1 Å². The van der Waals surface area contributed by atoms with Crippen LogP contribution in [0.15, 0.2) is 66.0 Å². The zero-order valence-corrected chi connectivity index (χ0v) is 15.0. The zero-order chi connectivity index (χ0) is 17.0. The number of thiophene rings is 1. The highest BCUT2D eigenvalue weighted by Gasteiger charge is 2.21. The van der Waals surface area contributed by atoms with E-state index in [1.807, 2.05) is 11.3 Å². The summed E-state index contributed by atoms with van der Waals surface area (Å²) in [5.74, 6) is 0. The first-order chi connectivity index (χ1) is 12.8. The van der Waals surface area contributed by atoms with E-state index in [1.54, 1.807) is 0 Å². The van der Waals surface area contributed by atoms with Gasteiger partial charge in [-0.2, -0.15) is 0 Å². The van der Waals surface area contributed by atoms with Crippen molar-refractivity contribution in [2.24, 2.45) is 7.05 Å². The van der Waals surface area contributed by atoms with Crippen LogP contribution in [-0.2, 0) is 7.05 Å². The Kier molecular flexibility index (Phi) is 2.13. The van der Waals surface area contributed by atoms with Crippen molar-refractivity contribution in [2.75, 3.05) is 0 Å². The molecule has 0 saturated carbocycles. The largest absolute Gasteiger partial charge is 0.344 e. The van der Waals surface area contributed by atoms with E-state index in [4.69, 9.17) is 0 Å². The van der Waals surface area contributed by atoms with E-state index in [1.165, 1.54) is 59.2 Å². The highest BCUT2D eigenvalue weighted by atomic mass is 32.1. The first-order valence-corrected chi connectivity index (χ1v) is 9.74. The number of hydrogen-bond acceptors (Lipinski definition) is 1. The molecule has 0 N–H and O–H groups in total. The van der Waals surface area contributed by atoms with Crippen LogP contribution >= 0.6 is 11.3 Å². The molecule has 0 saturated heterocycles. The molecule has 0 aliphatic carbocycles. The first-order valence-electron chi connectivity index (χ1n) is 8.86. The van der Waals surface area contributed by atoms with Crippen LogP contribution in [0.1, 0.15) is 0 Å². The molecule has 0 amide bonds. The summed E-state index contributed by atoms with van der Waals surface area (Å²) in [7, 11) is 2.18. The molecule has 0 aliphatic rings. The maximum atomic E-state index is 2.48. The van der Waals surface area contributed by atoms with Gasteiger partial charge in [-0.1, -0.05) is 30.3 Å². The molecule has 0 radical (unpaired) electrons. The Morgan fingerprint density at radius 2 is 1.46 bits per heavy atom. The monoisotopic (exact) mass is 350 g/mol. The van der Waals surface area contributed by atoms with Crippen LogP contribution in [-0.4, -0.2) is 8.97 Å². The van der Waals surface area contributed by atoms with Gasteiger partial charge in [-0.25, -0.2) is 0 Å². The van der Waals surface area contributed by atoms with Crippen LogP contribution < -0.4 is 0 Å². The Morgan fingerprint density at radius 1 is 0.654 bits per heavy atom. The van der Waals surface area contributed by atoms with Crippen LogP contribution in [0.25, 0.3) is 59.2 Å². The molecule has 3 heteroatoms. The topological polar surface area (TPSA) is 9.34 Å². The molecule has 3 aromatic carbocycles. The second-order valence-electron chi connectivity index (χ2n) is 7.10. The summed E-state index contributed by atoms with van der Waals surface area (Å²) in [6.07, 6.45) is 0. The molecule has 4 heterocycles. The van der Waals surface area contributed by atoms with Gasteiger partial charge in [0, 0.05) is 34.1 Å². The Balaban J connectivity index is 2.09. The molecule has 26 heavy (non-hydrogen) atoms. The zero-order valence-electron chi connectivity index (χ0n) is 14.2. The summed E-state index contributed by atoms with van der Waals surface area (Å²) in [4.78, 5) is 0. The van der Waals surface area contributed by atoms with Crippen molar-refractivity contribution < 1.29 is 0 Å².